The van der Waals surface area contributed by atoms with Crippen molar-refractivity contribution in [1.29, 1.82) is 0 Å². The van der Waals surface area contributed by atoms with Gasteiger partial charge in [-0.25, -0.2) is 0 Å². The van der Waals surface area contributed by atoms with Crippen molar-refractivity contribution in [1.82, 2.24) is 0 Å². The maximum atomic E-state index is 10.2. The average Bonchev–Trinajstić information content (AvgIpc) is 2.28. The quantitative estimate of drug-likeness (QED) is 0.659. The fraction of sp³-hybridized carbons (Fsp3) is 0.500. The van der Waals surface area contributed by atoms with Gasteiger partial charge in [0.1, 0.15) is 0 Å². The van der Waals surface area contributed by atoms with E-state index >= 15 is 0 Å². The number of rotatable bonds is 7. The average molecular weight is 220 g/mol. The predicted molar refractivity (Wildman–Crippen MR) is 65.2 cm³/mol. The van der Waals surface area contributed by atoms with Crippen molar-refractivity contribution >= 4 is 6.47 Å². The smallest absolute Gasteiger partial charge is 0.293 e. The van der Waals surface area contributed by atoms with Crippen LogP contribution < -0.4 is 0 Å². The molecule has 0 aromatic heterocycles. The van der Waals surface area contributed by atoms with E-state index < -0.39 is 0 Å². The summed E-state index contributed by atoms with van der Waals surface area (Å²) >= 11 is 0. The predicted octanol–water partition coefficient (Wildman–Crippen LogP) is 3.21. The molecule has 1 aromatic carbocycles. The largest absolute Gasteiger partial charge is 0.465 e. The Morgan fingerprint density at radius 2 is 1.94 bits per heavy atom. The molecule has 16 heavy (non-hydrogen) atoms. The highest BCUT2D eigenvalue weighted by Crippen LogP contribution is 2.15. The molecular formula is C14H20O2. The SMILES string of the molecule is CC(CCc1ccccc1)CC(C)OC=O. The van der Waals surface area contributed by atoms with Crippen LogP contribution in [0, 0.1) is 5.92 Å². The van der Waals surface area contributed by atoms with Gasteiger partial charge in [0.25, 0.3) is 6.47 Å². The molecule has 88 valence electrons. The Hall–Kier alpha value is -1.31. The third kappa shape index (κ3) is 4.96. The molecule has 0 fully saturated rings. The second-order valence-corrected chi connectivity index (χ2v) is 4.41. The zero-order valence-electron chi connectivity index (χ0n) is 10.1. The van der Waals surface area contributed by atoms with Crippen molar-refractivity contribution in [2.45, 2.75) is 39.2 Å². The maximum absolute atomic E-state index is 10.2. The standard InChI is InChI=1S/C14H20O2/c1-12(10-13(2)16-11-15)8-9-14-6-4-3-5-7-14/h3-7,11-13H,8-10H2,1-2H3. The molecule has 0 aliphatic carbocycles. The molecule has 0 spiro atoms. The van der Waals surface area contributed by atoms with Crippen molar-refractivity contribution in [2.24, 2.45) is 5.92 Å². The molecule has 2 atom stereocenters. The molecule has 0 aliphatic rings. The monoisotopic (exact) mass is 220 g/mol. The second kappa shape index (κ2) is 7.04. The first-order valence-corrected chi connectivity index (χ1v) is 5.85. The Kier molecular flexibility index (Phi) is 5.62. The molecular weight excluding hydrogens is 200 g/mol. The first kappa shape index (κ1) is 12.8. The zero-order valence-corrected chi connectivity index (χ0v) is 10.1. The van der Waals surface area contributed by atoms with Crippen molar-refractivity contribution in [3.8, 4) is 0 Å². The van der Waals surface area contributed by atoms with Gasteiger partial charge >= 0.3 is 0 Å². The van der Waals surface area contributed by atoms with Crippen LogP contribution in [0.1, 0.15) is 32.3 Å². The number of hydrogen-bond acceptors (Lipinski definition) is 2. The van der Waals surface area contributed by atoms with Crippen LogP contribution in [0.4, 0.5) is 0 Å². The third-order valence-corrected chi connectivity index (χ3v) is 2.79. The molecule has 2 unspecified atom stereocenters. The van der Waals surface area contributed by atoms with Crippen LogP contribution in [0.5, 0.6) is 0 Å². The summed E-state index contributed by atoms with van der Waals surface area (Å²) in [5, 5.41) is 0. The first-order valence-electron chi connectivity index (χ1n) is 5.85. The highest BCUT2D eigenvalue weighted by Gasteiger charge is 2.09. The van der Waals surface area contributed by atoms with E-state index in [0.29, 0.717) is 12.4 Å². The Morgan fingerprint density at radius 3 is 2.56 bits per heavy atom. The van der Waals surface area contributed by atoms with E-state index in [1.54, 1.807) is 0 Å². The van der Waals surface area contributed by atoms with E-state index in [9.17, 15) is 4.79 Å². The van der Waals surface area contributed by atoms with Gasteiger partial charge in [0, 0.05) is 0 Å². The van der Waals surface area contributed by atoms with Crippen molar-refractivity contribution in [2.75, 3.05) is 0 Å². The topological polar surface area (TPSA) is 26.3 Å². The normalized spacial score (nSPS) is 14.1. The van der Waals surface area contributed by atoms with Gasteiger partial charge in [-0.2, -0.15) is 0 Å². The van der Waals surface area contributed by atoms with E-state index in [-0.39, 0.29) is 6.10 Å². The number of carbonyl (C=O) groups excluding carboxylic acids is 1. The van der Waals surface area contributed by atoms with Crippen molar-refractivity contribution < 1.29 is 9.53 Å². The first-order chi connectivity index (χ1) is 7.72. The summed E-state index contributed by atoms with van der Waals surface area (Å²) in [6.07, 6.45) is 3.20. The molecule has 2 nitrogen and oxygen atoms in total. The zero-order chi connectivity index (χ0) is 11.8. The lowest BCUT2D eigenvalue weighted by atomic mass is 9.96. The second-order valence-electron chi connectivity index (χ2n) is 4.41. The van der Waals surface area contributed by atoms with Crippen LogP contribution in [0.2, 0.25) is 0 Å². The molecule has 0 N–H and O–H groups in total. The van der Waals surface area contributed by atoms with Gasteiger partial charge in [0.2, 0.25) is 0 Å². The molecule has 0 radical (unpaired) electrons. The van der Waals surface area contributed by atoms with E-state index in [4.69, 9.17) is 4.74 Å². The van der Waals surface area contributed by atoms with Gasteiger partial charge in [-0.1, -0.05) is 37.3 Å². The van der Waals surface area contributed by atoms with Crippen LogP contribution in [-0.4, -0.2) is 12.6 Å². The molecule has 0 aliphatic heterocycles. The number of benzene rings is 1. The van der Waals surface area contributed by atoms with Crippen molar-refractivity contribution in [3.05, 3.63) is 35.9 Å². The lowest BCUT2D eigenvalue weighted by molar-refractivity contribution is -0.133. The van der Waals surface area contributed by atoms with Gasteiger partial charge in [0.15, 0.2) is 0 Å². The maximum Gasteiger partial charge on any atom is 0.293 e. The number of ether oxygens (including phenoxy) is 1. The lowest BCUT2D eigenvalue weighted by Crippen LogP contribution is -2.12. The van der Waals surface area contributed by atoms with E-state index in [1.165, 1.54) is 5.56 Å². The Labute approximate surface area is 97.6 Å². The minimum atomic E-state index is 0.0308. The minimum absolute atomic E-state index is 0.0308. The fourth-order valence-electron chi connectivity index (χ4n) is 1.89. The summed E-state index contributed by atoms with van der Waals surface area (Å²) in [5.74, 6) is 0.579. The van der Waals surface area contributed by atoms with Crippen LogP contribution in [-0.2, 0) is 16.0 Å². The molecule has 0 saturated heterocycles. The van der Waals surface area contributed by atoms with Crippen LogP contribution >= 0.6 is 0 Å². The third-order valence-electron chi connectivity index (χ3n) is 2.79. The molecule has 1 aromatic rings. The Balaban J connectivity index is 2.25. The van der Waals surface area contributed by atoms with Crippen molar-refractivity contribution in [3.63, 3.8) is 0 Å². The summed E-state index contributed by atoms with van der Waals surface area (Å²) in [5.41, 5.74) is 1.37. The van der Waals surface area contributed by atoms with Gasteiger partial charge in [0.05, 0.1) is 6.10 Å². The van der Waals surface area contributed by atoms with E-state index in [1.807, 2.05) is 13.0 Å². The summed E-state index contributed by atoms with van der Waals surface area (Å²) in [6, 6.07) is 10.5. The van der Waals surface area contributed by atoms with E-state index in [0.717, 1.165) is 19.3 Å². The Bertz CT molecular complexity index is 295. The molecule has 0 heterocycles. The highest BCUT2D eigenvalue weighted by atomic mass is 16.5. The minimum Gasteiger partial charge on any atom is -0.465 e. The van der Waals surface area contributed by atoms with Gasteiger partial charge < -0.3 is 4.74 Å². The number of aryl methyl sites for hydroxylation is 1. The summed E-state index contributed by atoms with van der Waals surface area (Å²) in [4.78, 5) is 10.2. The molecule has 0 bridgehead atoms. The summed E-state index contributed by atoms with van der Waals surface area (Å²) < 4.78 is 4.88. The van der Waals surface area contributed by atoms with Gasteiger partial charge in [-0.3, -0.25) is 4.79 Å². The van der Waals surface area contributed by atoms with Gasteiger partial charge in [-0.05, 0) is 37.7 Å². The molecule has 0 saturated carbocycles. The van der Waals surface area contributed by atoms with Crippen LogP contribution in [0.3, 0.4) is 0 Å². The van der Waals surface area contributed by atoms with Gasteiger partial charge in [-0.15, -0.1) is 0 Å². The van der Waals surface area contributed by atoms with Crippen LogP contribution in [0.15, 0.2) is 30.3 Å². The van der Waals surface area contributed by atoms with E-state index in [2.05, 4.69) is 31.2 Å². The molecule has 0 amide bonds. The molecule has 2 heteroatoms. The summed E-state index contributed by atoms with van der Waals surface area (Å²) in [6.45, 7) is 4.68. The number of carbonyl (C=O) groups is 1. The fourth-order valence-corrected chi connectivity index (χ4v) is 1.89. The Morgan fingerprint density at radius 1 is 1.25 bits per heavy atom. The number of hydrogen-bond donors (Lipinski definition) is 0. The summed E-state index contributed by atoms with van der Waals surface area (Å²) in [7, 11) is 0. The molecule has 1 rings (SSSR count). The van der Waals surface area contributed by atoms with Crippen LogP contribution in [0.25, 0.3) is 0 Å². The lowest BCUT2D eigenvalue weighted by Gasteiger charge is -2.15. The highest BCUT2D eigenvalue weighted by molar-refractivity contribution is 5.37.